The average Bonchev–Trinajstić information content (AvgIpc) is 2.37. The minimum atomic E-state index is -5.09. The highest BCUT2D eigenvalue weighted by Gasteiger charge is 2.58. The second-order valence-electron chi connectivity index (χ2n) is 4.81. The molecule has 0 bridgehead atoms. The Labute approximate surface area is 113 Å². The number of urea groups is 1. The van der Waals surface area contributed by atoms with Gasteiger partial charge in [-0.25, -0.2) is 9.59 Å². The Hall–Kier alpha value is -1.51. The van der Waals surface area contributed by atoms with Crippen LogP contribution in [0.2, 0.25) is 0 Å². The van der Waals surface area contributed by atoms with Crippen molar-refractivity contribution >= 4 is 12.0 Å². The number of amides is 2. The Morgan fingerprint density at radius 1 is 1.30 bits per heavy atom. The van der Waals surface area contributed by atoms with Crippen LogP contribution in [0.4, 0.5) is 18.0 Å². The second kappa shape index (κ2) is 5.86. The maximum absolute atomic E-state index is 12.8. The number of ether oxygens (including phenoxy) is 1. The zero-order valence-corrected chi connectivity index (χ0v) is 11.2. The third-order valence-corrected chi connectivity index (χ3v) is 3.41. The van der Waals surface area contributed by atoms with Crippen molar-refractivity contribution < 1.29 is 32.6 Å². The van der Waals surface area contributed by atoms with Crippen molar-refractivity contribution in [3.63, 3.8) is 0 Å². The van der Waals surface area contributed by atoms with Gasteiger partial charge in [-0.3, -0.25) is 0 Å². The molecule has 0 aromatic rings. The number of hydrogen-bond donors (Lipinski definition) is 2. The molecule has 2 amide bonds. The molecule has 1 heterocycles. The summed E-state index contributed by atoms with van der Waals surface area (Å²) < 4.78 is 43.5. The van der Waals surface area contributed by atoms with Crippen molar-refractivity contribution in [2.45, 2.75) is 37.5 Å². The van der Waals surface area contributed by atoms with Gasteiger partial charge < -0.3 is 20.1 Å². The van der Waals surface area contributed by atoms with Crippen LogP contribution in [0.25, 0.3) is 0 Å². The Morgan fingerprint density at radius 2 is 1.80 bits per heavy atom. The van der Waals surface area contributed by atoms with Crippen molar-refractivity contribution in [1.29, 1.82) is 0 Å². The number of rotatable bonds is 3. The molecule has 6 nitrogen and oxygen atoms in total. The van der Waals surface area contributed by atoms with E-state index >= 15 is 0 Å². The van der Waals surface area contributed by atoms with E-state index in [4.69, 9.17) is 9.84 Å². The van der Waals surface area contributed by atoms with E-state index in [0.717, 1.165) is 4.90 Å². The van der Waals surface area contributed by atoms with E-state index in [9.17, 15) is 22.8 Å². The molecule has 2 N–H and O–H groups in total. The van der Waals surface area contributed by atoms with Crippen LogP contribution in [0.1, 0.15) is 19.8 Å². The minimum absolute atomic E-state index is 0.268. The van der Waals surface area contributed by atoms with Crippen LogP contribution in [-0.2, 0) is 9.53 Å². The van der Waals surface area contributed by atoms with Gasteiger partial charge in [-0.05, 0) is 19.8 Å². The number of carboxylic acids is 1. The number of halogens is 3. The van der Waals surface area contributed by atoms with Crippen LogP contribution in [0.3, 0.4) is 0 Å². The third kappa shape index (κ3) is 3.33. The first-order valence-electron chi connectivity index (χ1n) is 6.02. The number of alkyl halides is 3. The van der Waals surface area contributed by atoms with E-state index in [2.05, 4.69) is 0 Å². The van der Waals surface area contributed by atoms with E-state index in [1.54, 1.807) is 5.32 Å². The fourth-order valence-corrected chi connectivity index (χ4v) is 1.79. The first kappa shape index (κ1) is 16.5. The van der Waals surface area contributed by atoms with Crippen molar-refractivity contribution in [2.24, 2.45) is 0 Å². The van der Waals surface area contributed by atoms with Gasteiger partial charge in [-0.15, -0.1) is 0 Å². The summed E-state index contributed by atoms with van der Waals surface area (Å²) in [4.78, 5) is 23.7. The molecule has 1 aliphatic rings. The monoisotopic (exact) mass is 298 g/mol. The molecule has 0 spiro atoms. The van der Waals surface area contributed by atoms with Gasteiger partial charge in [0.1, 0.15) is 0 Å². The quantitative estimate of drug-likeness (QED) is 0.821. The molecule has 116 valence electrons. The van der Waals surface area contributed by atoms with E-state index in [-0.39, 0.29) is 6.04 Å². The number of aliphatic carboxylic acids is 1. The van der Waals surface area contributed by atoms with Crippen molar-refractivity contribution in [3.8, 4) is 0 Å². The van der Waals surface area contributed by atoms with E-state index < -0.39 is 23.7 Å². The molecule has 1 aliphatic heterocycles. The summed E-state index contributed by atoms with van der Waals surface area (Å²) in [6, 6.07) is -1.34. The first-order chi connectivity index (χ1) is 9.09. The molecule has 0 aromatic heterocycles. The number of carbonyl (C=O) groups is 2. The highest BCUT2D eigenvalue weighted by atomic mass is 19.4. The fourth-order valence-electron chi connectivity index (χ4n) is 1.79. The van der Waals surface area contributed by atoms with Gasteiger partial charge in [0, 0.05) is 26.3 Å². The Morgan fingerprint density at radius 3 is 2.20 bits per heavy atom. The fraction of sp³-hybridized carbons (Fsp3) is 0.818. The van der Waals surface area contributed by atoms with Gasteiger partial charge in [0.15, 0.2) is 0 Å². The number of carbonyl (C=O) groups excluding carboxylic acids is 1. The second-order valence-corrected chi connectivity index (χ2v) is 4.81. The third-order valence-electron chi connectivity index (χ3n) is 3.41. The molecule has 20 heavy (non-hydrogen) atoms. The minimum Gasteiger partial charge on any atom is -0.479 e. The SMILES string of the molecule is CN(C(=O)NC(C)(C(=O)O)C(F)(F)F)C1CCOCC1. The molecule has 0 aliphatic carbocycles. The standard InChI is InChI=1S/C11H17F3N2O4/c1-10(8(17)18,11(12,13)14)15-9(19)16(2)7-3-5-20-6-4-7/h7H,3-6H2,1-2H3,(H,15,19)(H,17,18). The van der Waals surface area contributed by atoms with Crippen molar-refractivity contribution in [1.82, 2.24) is 10.2 Å². The molecule has 1 fully saturated rings. The normalized spacial score (nSPS) is 20.1. The van der Waals surface area contributed by atoms with Crippen LogP contribution >= 0.6 is 0 Å². The maximum Gasteiger partial charge on any atom is 0.422 e. The molecule has 1 unspecified atom stereocenters. The van der Waals surface area contributed by atoms with Gasteiger partial charge in [0.25, 0.3) is 0 Å². The molecular weight excluding hydrogens is 281 g/mol. The predicted molar refractivity (Wildman–Crippen MR) is 62.2 cm³/mol. The summed E-state index contributed by atoms with van der Waals surface area (Å²) in [6.45, 7) is 1.25. The molecule has 1 atom stereocenters. The first-order valence-corrected chi connectivity index (χ1v) is 6.02. The zero-order chi connectivity index (χ0) is 15.6. The molecular formula is C11H17F3N2O4. The van der Waals surface area contributed by atoms with Crippen LogP contribution < -0.4 is 5.32 Å². The summed E-state index contributed by atoms with van der Waals surface area (Å²) in [6.07, 6.45) is -4.09. The molecule has 0 saturated carbocycles. The van der Waals surface area contributed by atoms with Crippen LogP contribution in [0, 0.1) is 0 Å². The van der Waals surface area contributed by atoms with Gasteiger partial charge in [-0.2, -0.15) is 13.2 Å². The lowest BCUT2D eigenvalue weighted by molar-refractivity contribution is -0.203. The van der Waals surface area contributed by atoms with Crippen molar-refractivity contribution in [2.75, 3.05) is 20.3 Å². The van der Waals surface area contributed by atoms with Gasteiger partial charge in [-0.1, -0.05) is 0 Å². The van der Waals surface area contributed by atoms with Crippen LogP contribution in [0.15, 0.2) is 0 Å². The van der Waals surface area contributed by atoms with Gasteiger partial charge >= 0.3 is 18.2 Å². The van der Waals surface area contributed by atoms with Gasteiger partial charge in [0.2, 0.25) is 5.54 Å². The molecule has 1 saturated heterocycles. The van der Waals surface area contributed by atoms with Crippen LogP contribution in [-0.4, -0.2) is 60.0 Å². The predicted octanol–water partition coefficient (Wildman–Crippen LogP) is 1.21. The number of nitrogens with zero attached hydrogens (tertiary/aromatic N) is 1. The largest absolute Gasteiger partial charge is 0.479 e. The number of hydrogen-bond acceptors (Lipinski definition) is 3. The molecule has 0 aromatic carbocycles. The Balaban J connectivity index is 2.78. The van der Waals surface area contributed by atoms with E-state index in [1.165, 1.54) is 7.05 Å². The lowest BCUT2D eigenvalue weighted by Gasteiger charge is -2.35. The molecule has 0 radical (unpaired) electrons. The van der Waals surface area contributed by atoms with Gasteiger partial charge in [0.05, 0.1) is 0 Å². The summed E-state index contributed by atoms with van der Waals surface area (Å²) >= 11 is 0. The van der Waals surface area contributed by atoms with Crippen LogP contribution in [0.5, 0.6) is 0 Å². The van der Waals surface area contributed by atoms with E-state index in [0.29, 0.717) is 33.0 Å². The zero-order valence-electron chi connectivity index (χ0n) is 11.2. The highest BCUT2D eigenvalue weighted by Crippen LogP contribution is 2.30. The van der Waals surface area contributed by atoms with Crippen molar-refractivity contribution in [3.05, 3.63) is 0 Å². The summed E-state index contributed by atoms with van der Waals surface area (Å²) in [5, 5.41) is 10.3. The summed E-state index contributed by atoms with van der Waals surface area (Å²) in [5.74, 6) is -2.15. The average molecular weight is 298 g/mol. The lowest BCUT2D eigenvalue weighted by atomic mass is 10.0. The summed E-state index contributed by atoms with van der Waals surface area (Å²) in [5.41, 5.74) is -3.32. The molecule has 1 rings (SSSR count). The number of carboxylic acid groups (broad SMARTS) is 1. The lowest BCUT2D eigenvalue weighted by Crippen LogP contribution is -2.64. The maximum atomic E-state index is 12.8. The van der Waals surface area contributed by atoms with E-state index in [1.807, 2.05) is 0 Å². The number of nitrogens with one attached hydrogen (secondary N) is 1. The smallest absolute Gasteiger partial charge is 0.422 e. The Kier molecular flexibility index (Phi) is 4.85. The molecule has 9 heteroatoms. The topological polar surface area (TPSA) is 78.9 Å². The Bertz CT molecular complexity index is 382. The highest BCUT2D eigenvalue weighted by molar-refractivity contribution is 5.86. The summed E-state index contributed by atoms with van der Waals surface area (Å²) in [7, 11) is 1.34.